The summed E-state index contributed by atoms with van der Waals surface area (Å²) in [7, 11) is 0. The number of amides is 1. The van der Waals surface area contributed by atoms with Crippen LogP contribution in [0.25, 0.3) is 0 Å². The first-order valence-corrected chi connectivity index (χ1v) is 5.95. The predicted molar refractivity (Wildman–Crippen MR) is 73.7 cm³/mol. The van der Waals surface area contributed by atoms with Gasteiger partial charge in [-0.1, -0.05) is 0 Å². The molecule has 1 aromatic rings. The molecule has 1 heterocycles. The Morgan fingerprint density at radius 1 is 1.50 bits per heavy atom. The zero-order valence-electron chi connectivity index (χ0n) is 10.8. The third-order valence-electron chi connectivity index (χ3n) is 3.00. The van der Waals surface area contributed by atoms with Crippen molar-refractivity contribution in [3.63, 3.8) is 0 Å². The minimum absolute atomic E-state index is 0. The maximum absolute atomic E-state index is 13.3. The summed E-state index contributed by atoms with van der Waals surface area (Å²) in [5.41, 5.74) is -0.396. The summed E-state index contributed by atoms with van der Waals surface area (Å²) in [5, 5.41) is 13.8. The molecule has 0 saturated carbocycles. The molecule has 2 rings (SSSR count). The molecule has 1 aliphatic rings. The lowest BCUT2D eigenvalue weighted by Gasteiger charge is -2.31. The summed E-state index contributed by atoms with van der Waals surface area (Å²) < 4.78 is 13.3. The topological polar surface area (TPSA) is 75.5 Å². The van der Waals surface area contributed by atoms with Crippen LogP contribution < -0.4 is 5.32 Å². The highest BCUT2D eigenvalue weighted by Gasteiger charge is 2.23. The number of rotatable bonds is 2. The third kappa shape index (κ3) is 3.64. The van der Waals surface area contributed by atoms with Gasteiger partial charge in [-0.05, 0) is 13.0 Å². The third-order valence-corrected chi connectivity index (χ3v) is 3.00. The van der Waals surface area contributed by atoms with Crippen LogP contribution in [-0.4, -0.2) is 41.4 Å². The molecule has 1 atom stereocenters. The summed E-state index contributed by atoms with van der Waals surface area (Å²) in [6, 6.07) is 3.10. The minimum atomic E-state index is -0.777. The first-order valence-electron chi connectivity index (χ1n) is 5.95. The number of nitrogens with one attached hydrogen (secondary N) is 1. The number of nitrogens with zero attached hydrogens (tertiary/aromatic N) is 2. The number of nitro benzene ring substituents is 1. The zero-order chi connectivity index (χ0) is 14.0. The molecular formula is C12H15ClFN3O3. The van der Waals surface area contributed by atoms with E-state index >= 15 is 0 Å². The first-order chi connectivity index (χ1) is 8.97. The molecule has 1 aromatic carbocycles. The Bertz CT molecular complexity index is 527. The van der Waals surface area contributed by atoms with Crippen LogP contribution in [0.3, 0.4) is 0 Å². The fourth-order valence-corrected chi connectivity index (χ4v) is 2.10. The number of carbonyl (C=O) groups excluding carboxylic acids is 1. The number of benzene rings is 1. The average Bonchev–Trinajstić information content (AvgIpc) is 2.37. The number of piperazine rings is 1. The van der Waals surface area contributed by atoms with Crippen LogP contribution in [-0.2, 0) is 0 Å². The lowest BCUT2D eigenvalue weighted by atomic mass is 10.1. The Labute approximate surface area is 121 Å². The van der Waals surface area contributed by atoms with E-state index in [9.17, 15) is 19.3 Å². The molecule has 1 saturated heterocycles. The molecule has 0 spiro atoms. The SMILES string of the molecule is C[C@H]1CN(C(=O)c2cc(F)cc([N+](=O)[O-])c2)CCN1.Cl. The number of non-ortho nitro benzene ring substituents is 1. The summed E-state index contributed by atoms with van der Waals surface area (Å²) in [5.74, 6) is -1.16. The number of nitro groups is 1. The molecule has 0 aliphatic carbocycles. The number of carbonyl (C=O) groups is 1. The lowest BCUT2D eigenvalue weighted by Crippen LogP contribution is -2.51. The quantitative estimate of drug-likeness (QED) is 0.665. The van der Waals surface area contributed by atoms with E-state index in [0.29, 0.717) is 19.6 Å². The van der Waals surface area contributed by atoms with Crippen LogP contribution in [0, 0.1) is 15.9 Å². The minimum Gasteiger partial charge on any atom is -0.336 e. The van der Waals surface area contributed by atoms with Crippen molar-refractivity contribution in [3.05, 3.63) is 39.7 Å². The van der Waals surface area contributed by atoms with Crippen LogP contribution in [0.5, 0.6) is 0 Å². The summed E-state index contributed by atoms with van der Waals surface area (Å²) >= 11 is 0. The Kier molecular flexibility index (Phi) is 5.41. The predicted octanol–water partition coefficient (Wildman–Crippen LogP) is 1.59. The Hall–Kier alpha value is -1.73. The standard InChI is InChI=1S/C12H14FN3O3.ClH/c1-8-7-15(3-2-14-8)12(17)9-4-10(13)6-11(5-9)16(18)19;/h4-6,8,14H,2-3,7H2,1H3;1H/t8-;/m0./s1. The van der Waals surface area contributed by atoms with Crippen LogP contribution in [0.1, 0.15) is 17.3 Å². The second kappa shape index (κ2) is 6.62. The highest BCUT2D eigenvalue weighted by atomic mass is 35.5. The lowest BCUT2D eigenvalue weighted by molar-refractivity contribution is -0.385. The van der Waals surface area contributed by atoms with Crippen molar-refractivity contribution in [2.45, 2.75) is 13.0 Å². The van der Waals surface area contributed by atoms with Gasteiger partial charge in [-0.3, -0.25) is 14.9 Å². The molecule has 1 aliphatic heterocycles. The molecule has 110 valence electrons. The van der Waals surface area contributed by atoms with E-state index in [-0.39, 0.29) is 29.9 Å². The molecule has 0 radical (unpaired) electrons. The summed E-state index contributed by atoms with van der Waals surface area (Å²) in [4.78, 5) is 23.7. The molecule has 0 aromatic heterocycles. The van der Waals surface area contributed by atoms with E-state index < -0.39 is 16.4 Å². The fraction of sp³-hybridized carbons (Fsp3) is 0.417. The molecular weight excluding hydrogens is 289 g/mol. The van der Waals surface area contributed by atoms with Gasteiger partial charge in [0.05, 0.1) is 11.0 Å². The number of hydrogen-bond acceptors (Lipinski definition) is 4. The van der Waals surface area contributed by atoms with Gasteiger partial charge < -0.3 is 10.2 Å². The molecule has 0 unspecified atom stereocenters. The van der Waals surface area contributed by atoms with Gasteiger partial charge in [0.2, 0.25) is 0 Å². The van der Waals surface area contributed by atoms with E-state index in [4.69, 9.17) is 0 Å². The van der Waals surface area contributed by atoms with Crippen molar-refractivity contribution >= 4 is 24.0 Å². The van der Waals surface area contributed by atoms with E-state index in [1.165, 1.54) is 0 Å². The molecule has 1 N–H and O–H groups in total. The van der Waals surface area contributed by atoms with Crippen molar-refractivity contribution in [2.75, 3.05) is 19.6 Å². The Balaban J connectivity index is 0.00000200. The van der Waals surface area contributed by atoms with Gasteiger partial charge in [0.1, 0.15) is 5.82 Å². The average molecular weight is 304 g/mol. The van der Waals surface area contributed by atoms with E-state index in [0.717, 1.165) is 18.2 Å². The van der Waals surface area contributed by atoms with Gasteiger partial charge in [0, 0.05) is 37.3 Å². The molecule has 8 heteroatoms. The van der Waals surface area contributed by atoms with Crippen molar-refractivity contribution in [2.24, 2.45) is 0 Å². The maximum atomic E-state index is 13.3. The van der Waals surface area contributed by atoms with Gasteiger partial charge in [-0.25, -0.2) is 4.39 Å². The smallest absolute Gasteiger partial charge is 0.273 e. The highest BCUT2D eigenvalue weighted by molar-refractivity contribution is 5.95. The summed E-state index contributed by atoms with van der Waals surface area (Å²) in [6.07, 6.45) is 0. The largest absolute Gasteiger partial charge is 0.336 e. The summed E-state index contributed by atoms with van der Waals surface area (Å²) in [6.45, 7) is 3.61. The van der Waals surface area contributed by atoms with Gasteiger partial charge >= 0.3 is 0 Å². The van der Waals surface area contributed by atoms with Gasteiger partial charge in [0.25, 0.3) is 11.6 Å². The van der Waals surface area contributed by atoms with Crippen LogP contribution in [0.15, 0.2) is 18.2 Å². The number of halogens is 2. The van der Waals surface area contributed by atoms with Crippen LogP contribution in [0.4, 0.5) is 10.1 Å². The fourth-order valence-electron chi connectivity index (χ4n) is 2.10. The molecule has 6 nitrogen and oxygen atoms in total. The monoisotopic (exact) mass is 303 g/mol. The second-order valence-corrected chi connectivity index (χ2v) is 4.56. The molecule has 1 fully saturated rings. The van der Waals surface area contributed by atoms with E-state index in [1.54, 1.807) is 4.90 Å². The van der Waals surface area contributed by atoms with Crippen LogP contribution >= 0.6 is 12.4 Å². The van der Waals surface area contributed by atoms with Crippen LogP contribution in [0.2, 0.25) is 0 Å². The van der Waals surface area contributed by atoms with Crippen molar-refractivity contribution in [3.8, 4) is 0 Å². The molecule has 1 amide bonds. The highest BCUT2D eigenvalue weighted by Crippen LogP contribution is 2.18. The zero-order valence-corrected chi connectivity index (χ0v) is 11.7. The van der Waals surface area contributed by atoms with E-state index in [1.807, 2.05) is 6.92 Å². The number of hydrogen-bond donors (Lipinski definition) is 1. The Morgan fingerprint density at radius 2 is 2.20 bits per heavy atom. The van der Waals surface area contributed by atoms with Gasteiger partial charge in [0.15, 0.2) is 0 Å². The van der Waals surface area contributed by atoms with Crippen molar-refractivity contribution < 1.29 is 14.1 Å². The van der Waals surface area contributed by atoms with E-state index in [2.05, 4.69) is 5.32 Å². The normalized spacial score (nSPS) is 18.3. The van der Waals surface area contributed by atoms with Crippen molar-refractivity contribution in [1.29, 1.82) is 0 Å². The van der Waals surface area contributed by atoms with Gasteiger partial charge in [-0.2, -0.15) is 0 Å². The molecule has 20 heavy (non-hydrogen) atoms. The maximum Gasteiger partial charge on any atom is 0.273 e. The Morgan fingerprint density at radius 3 is 2.80 bits per heavy atom. The van der Waals surface area contributed by atoms with Crippen molar-refractivity contribution in [1.82, 2.24) is 10.2 Å². The first kappa shape index (κ1) is 16.3. The van der Waals surface area contributed by atoms with Gasteiger partial charge in [-0.15, -0.1) is 12.4 Å². The second-order valence-electron chi connectivity index (χ2n) is 4.56. The molecule has 0 bridgehead atoms.